The van der Waals surface area contributed by atoms with E-state index in [1.807, 2.05) is 6.08 Å². The summed E-state index contributed by atoms with van der Waals surface area (Å²) in [5, 5.41) is 49.6. The highest BCUT2D eigenvalue weighted by molar-refractivity contribution is 9.10. The quantitative estimate of drug-likeness (QED) is 0.137. The molecule has 6 atom stereocenters. The third-order valence-corrected chi connectivity index (χ3v) is 10.7. The van der Waals surface area contributed by atoms with Crippen molar-refractivity contribution in [3.63, 3.8) is 0 Å². The summed E-state index contributed by atoms with van der Waals surface area (Å²) in [4.78, 5) is 58.8. The molecular formula is C33H29B2BrN2O10. The third kappa shape index (κ3) is 4.91. The number of benzene rings is 3. The van der Waals surface area contributed by atoms with Gasteiger partial charge in [0, 0.05) is 5.92 Å². The van der Waals surface area contributed by atoms with Gasteiger partial charge in [0.25, 0.3) is 0 Å². The summed E-state index contributed by atoms with van der Waals surface area (Å²) in [7, 11) is -2.24. The Morgan fingerprint density at radius 2 is 1.31 bits per heavy atom. The molecule has 3 fully saturated rings. The number of anilines is 2. The highest BCUT2D eigenvalue weighted by atomic mass is 79.9. The highest BCUT2D eigenvalue weighted by Gasteiger charge is 2.62. The van der Waals surface area contributed by atoms with Crippen LogP contribution in [0.1, 0.15) is 24.3 Å². The fraction of sp³-hybridized carbons (Fsp3) is 0.273. The summed E-state index contributed by atoms with van der Waals surface area (Å²) < 4.78 is 5.72. The Labute approximate surface area is 283 Å². The lowest BCUT2D eigenvalue weighted by molar-refractivity contribution is -0.126. The van der Waals surface area contributed by atoms with Crippen LogP contribution < -0.4 is 25.5 Å². The molecule has 7 rings (SSSR count). The predicted octanol–water partition coefficient (Wildman–Crippen LogP) is 0.568. The fourth-order valence-electron chi connectivity index (χ4n) is 8.05. The summed E-state index contributed by atoms with van der Waals surface area (Å²) in [6.45, 7) is 0. The molecule has 1 saturated carbocycles. The molecule has 3 aromatic rings. The zero-order valence-corrected chi connectivity index (χ0v) is 27.0. The number of phenols is 1. The summed E-state index contributed by atoms with van der Waals surface area (Å²) in [5.41, 5.74) is 1.87. The first-order valence-electron chi connectivity index (χ1n) is 15.4. The Bertz CT molecular complexity index is 1920. The average Bonchev–Trinajstić information content (AvgIpc) is 3.48. The van der Waals surface area contributed by atoms with Gasteiger partial charge in [-0.3, -0.25) is 29.0 Å². The number of nitrogens with zero attached hydrogens (tertiary/aromatic N) is 2. The molecule has 15 heteroatoms. The molecule has 2 heterocycles. The van der Waals surface area contributed by atoms with Crippen molar-refractivity contribution in [1.82, 2.24) is 0 Å². The number of hydrogen-bond donors (Lipinski definition) is 5. The maximum absolute atomic E-state index is 14.4. The number of aromatic hydroxyl groups is 1. The molecule has 2 aliphatic carbocycles. The van der Waals surface area contributed by atoms with Crippen LogP contribution in [0, 0.1) is 29.6 Å². The molecule has 12 nitrogen and oxygen atoms in total. The van der Waals surface area contributed by atoms with Gasteiger partial charge in [-0.25, -0.2) is 0 Å². The van der Waals surface area contributed by atoms with Crippen molar-refractivity contribution < 1.29 is 49.1 Å². The van der Waals surface area contributed by atoms with Crippen LogP contribution in [-0.4, -0.2) is 70.2 Å². The number of fused-ring (bicyclic) bond motifs is 4. The first-order valence-corrected chi connectivity index (χ1v) is 16.2. The smallest absolute Gasteiger partial charge is 0.488 e. The van der Waals surface area contributed by atoms with Crippen LogP contribution in [0.25, 0.3) is 0 Å². The van der Waals surface area contributed by atoms with E-state index in [1.54, 1.807) is 18.2 Å². The summed E-state index contributed by atoms with van der Waals surface area (Å²) in [6, 6.07) is 15.0. The predicted molar refractivity (Wildman–Crippen MR) is 177 cm³/mol. The summed E-state index contributed by atoms with van der Waals surface area (Å²) in [5.74, 6) is -6.69. The lowest BCUT2D eigenvalue weighted by Crippen LogP contribution is -2.43. The van der Waals surface area contributed by atoms with Crippen molar-refractivity contribution in [2.75, 3.05) is 16.9 Å². The molecule has 244 valence electrons. The zero-order valence-electron chi connectivity index (χ0n) is 25.4. The minimum absolute atomic E-state index is 0.0962. The molecule has 4 amide bonds. The van der Waals surface area contributed by atoms with Gasteiger partial charge in [0.15, 0.2) is 11.5 Å². The number of phenolic OH excluding ortho intramolecular Hbond substituents is 1. The Hall–Kier alpha value is -4.27. The van der Waals surface area contributed by atoms with E-state index < -0.39 is 73.4 Å². The second-order valence-corrected chi connectivity index (χ2v) is 13.4. The van der Waals surface area contributed by atoms with Gasteiger partial charge in [-0.1, -0.05) is 35.9 Å². The molecule has 0 spiro atoms. The molecule has 5 N–H and O–H groups in total. The van der Waals surface area contributed by atoms with Gasteiger partial charge in [-0.05, 0) is 87.6 Å². The molecule has 48 heavy (non-hydrogen) atoms. The van der Waals surface area contributed by atoms with Gasteiger partial charge in [0.2, 0.25) is 23.6 Å². The van der Waals surface area contributed by atoms with Crippen LogP contribution in [0.4, 0.5) is 11.4 Å². The van der Waals surface area contributed by atoms with Gasteiger partial charge >= 0.3 is 14.2 Å². The van der Waals surface area contributed by atoms with E-state index >= 15 is 0 Å². The number of carbonyl (C=O) groups is 4. The number of carbonyl (C=O) groups excluding carboxylic acids is 4. The number of allylic oxidation sites excluding steroid dienone is 2. The maximum atomic E-state index is 14.4. The number of rotatable bonds is 6. The molecular weight excluding hydrogens is 686 g/mol. The SMILES string of the molecule is COc1cc(C2C3=CCC4C(=O)N(c5cccc(B(O)O)c5)C(=O)C4C3CC3C(=O)N(c4cccc(B(O)O)c4)C(=O)C32)cc(Br)c1O. The van der Waals surface area contributed by atoms with Gasteiger partial charge in [0.05, 0.1) is 46.6 Å². The maximum Gasteiger partial charge on any atom is 0.488 e. The first-order chi connectivity index (χ1) is 22.9. The minimum atomic E-state index is -1.82. The van der Waals surface area contributed by atoms with Crippen molar-refractivity contribution >= 4 is 76.1 Å². The van der Waals surface area contributed by atoms with E-state index in [0.29, 0.717) is 10.0 Å². The van der Waals surface area contributed by atoms with E-state index in [1.165, 1.54) is 49.6 Å². The fourth-order valence-corrected chi connectivity index (χ4v) is 8.51. The van der Waals surface area contributed by atoms with Crippen LogP contribution in [0.3, 0.4) is 0 Å². The number of ether oxygens (including phenoxy) is 1. The number of hydrogen-bond acceptors (Lipinski definition) is 10. The van der Waals surface area contributed by atoms with Crippen LogP contribution in [0.2, 0.25) is 0 Å². The van der Waals surface area contributed by atoms with E-state index in [9.17, 15) is 44.4 Å². The molecule has 0 bridgehead atoms. The van der Waals surface area contributed by atoms with E-state index in [4.69, 9.17) is 4.74 Å². The monoisotopic (exact) mass is 714 g/mol. The molecule has 4 aliphatic rings. The molecule has 0 radical (unpaired) electrons. The zero-order chi connectivity index (χ0) is 34.2. The second kappa shape index (κ2) is 12.0. The summed E-state index contributed by atoms with van der Waals surface area (Å²) in [6.07, 6.45) is 2.19. The topological polar surface area (TPSA) is 185 Å². The van der Waals surface area contributed by atoms with Crippen molar-refractivity contribution in [2.45, 2.75) is 18.8 Å². The number of imide groups is 2. The molecule has 2 saturated heterocycles. The van der Waals surface area contributed by atoms with Gasteiger partial charge < -0.3 is 29.9 Å². The number of amides is 4. The number of methoxy groups -OCH3 is 1. The third-order valence-electron chi connectivity index (χ3n) is 10.1. The van der Waals surface area contributed by atoms with Crippen molar-refractivity contribution in [2.24, 2.45) is 29.6 Å². The van der Waals surface area contributed by atoms with Crippen LogP contribution in [0.15, 0.2) is 76.8 Å². The van der Waals surface area contributed by atoms with Crippen LogP contribution >= 0.6 is 15.9 Å². The largest absolute Gasteiger partial charge is 0.503 e. The molecule has 2 aliphatic heterocycles. The Morgan fingerprint density at radius 3 is 1.88 bits per heavy atom. The van der Waals surface area contributed by atoms with Gasteiger partial charge in [0.1, 0.15) is 0 Å². The average molecular weight is 715 g/mol. The van der Waals surface area contributed by atoms with Crippen LogP contribution in [-0.2, 0) is 19.2 Å². The minimum Gasteiger partial charge on any atom is -0.503 e. The van der Waals surface area contributed by atoms with Gasteiger partial charge in [-0.2, -0.15) is 0 Å². The van der Waals surface area contributed by atoms with E-state index in [0.717, 1.165) is 15.4 Å². The van der Waals surface area contributed by atoms with Crippen LogP contribution in [0.5, 0.6) is 11.5 Å². The number of halogens is 1. The molecule has 3 aromatic carbocycles. The van der Waals surface area contributed by atoms with Crippen molar-refractivity contribution in [3.8, 4) is 11.5 Å². The van der Waals surface area contributed by atoms with E-state index in [-0.39, 0.29) is 46.6 Å². The Morgan fingerprint density at radius 1 is 0.750 bits per heavy atom. The van der Waals surface area contributed by atoms with Crippen molar-refractivity contribution in [3.05, 3.63) is 82.3 Å². The Kier molecular flexibility index (Phi) is 8.07. The second-order valence-electron chi connectivity index (χ2n) is 12.5. The standard InChI is InChI=1S/C33H29B2BrN2O10/c1-48-25-11-15(10-24(36)29(25)39)26-20-8-9-21-27(32(42)37(30(21)40)18-6-2-4-16(12-18)34(44)45)22(20)14-23-28(26)33(43)38(31(23)41)19-7-3-5-17(13-19)35(46)47/h2-8,10-13,21-23,26-28,39,44-47H,9,14H2,1H3. The van der Waals surface area contributed by atoms with E-state index in [2.05, 4.69) is 15.9 Å². The molecule has 0 aromatic heterocycles. The Balaban J connectivity index is 1.34. The lowest BCUT2D eigenvalue weighted by Gasteiger charge is -2.44. The van der Waals surface area contributed by atoms with Crippen molar-refractivity contribution in [1.29, 1.82) is 0 Å². The summed E-state index contributed by atoms with van der Waals surface area (Å²) >= 11 is 3.37. The highest BCUT2D eigenvalue weighted by Crippen LogP contribution is 2.59. The normalized spacial score (nSPS) is 26.2. The first kappa shape index (κ1) is 32.3. The molecule has 6 unspecified atom stereocenters. The lowest BCUT2D eigenvalue weighted by atomic mass is 9.57. The van der Waals surface area contributed by atoms with Gasteiger partial charge in [-0.15, -0.1) is 0 Å².